The second kappa shape index (κ2) is 20.3. The highest BCUT2D eigenvalue weighted by Gasteiger charge is 2.10. The summed E-state index contributed by atoms with van der Waals surface area (Å²) in [7, 11) is 0. The molecule has 1 heterocycles. The van der Waals surface area contributed by atoms with Crippen LogP contribution in [0.2, 0.25) is 0 Å². The molecule has 0 spiro atoms. The number of benzene rings is 3. The van der Waals surface area contributed by atoms with Crippen LogP contribution < -0.4 is 26.6 Å². The molecule has 0 saturated carbocycles. The molecular formula is C37H42N8O5. The lowest BCUT2D eigenvalue weighted by atomic mass is 10.2. The SMILES string of the molecule is C=C(/C=C\C(O)=C/C)Nc1nc(NCCOCCOCCNC(=O)c2ccccc2)nc(Nc2ccc(C(=O)NCc3ccccc3)cc2)n1. The molecule has 2 amide bonds. The van der Waals surface area contributed by atoms with Gasteiger partial charge in [0.15, 0.2) is 0 Å². The van der Waals surface area contributed by atoms with Gasteiger partial charge in [0.2, 0.25) is 17.8 Å². The van der Waals surface area contributed by atoms with E-state index in [1.54, 1.807) is 55.5 Å². The monoisotopic (exact) mass is 678 g/mol. The number of carbonyl (C=O) groups excluding carboxylic acids is 2. The lowest BCUT2D eigenvalue weighted by Crippen LogP contribution is -2.27. The Hall–Kier alpha value is -6.05. The van der Waals surface area contributed by atoms with E-state index in [2.05, 4.69) is 48.1 Å². The van der Waals surface area contributed by atoms with E-state index in [0.29, 0.717) is 68.6 Å². The van der Waals surface area contributed by atoms with Crippen molar-refractivity contribution in [3.8, 4) is 0 Å². The van der Waals surface area contributed by atoms with E-state index in [0.717, 1.165) is 5.56 Å². The van der Waals surface area contributed by atoms with Crippen LogP contribution in [-0.4, -0.2) is 71.4 Å². The first-order chi connectivity index (χ1) is 24.4. The summed E-state index contributed by atoms with van der Waals surface area (Å²) in [5, 5.41) is 24.7. The summed E-state index contributed by atoms with van der Waals surface area (Å²) in [6.45, 7) is 8.36. The molecule has 1 aromatic heterocycles. The molecule has 13 heteroatoms. The Balaban J connectivity index is 1.26. The number of nitrogens with zero attached hydrogens (tertiary/aromatic N) is 3. The number of amides is 2. The van der Waals surface area contributed by atoms with Crippen molar-refractivity contribution in [1.82, 2.24) is 25.6 Å². The molecule has 50 heavy (non-hydrogen) atoms. The van der Waals surface area contributed by atoms with Gasteiger partial charge in [-0.05, 0) is 67.1 Å². The van der Waals surface area contributed by atoms with Crippen molar-refractivity contribution in [2.24, 2.45) is 0 Å². The van der Waals surface area contributed by atoms with Crippen molar-refractivity contribution in [1.29, 1.82) is 0 Å². The summed E-state index contributed by atoms with van der Waals surface area (Å²) < 4.78 is 11.2. The standard InChI is InChI=1S/C37H42N8O5/c1-3-32(46)19-14-27(2)41-36-43-35(39-21-23-50-25-24-49-22-20-38-33(47)29-12-8-5-9-13-29)44-37(45-36)42-31-17-15-30(16-18-31)34(48)40-26-28-10-6-4-7-11-28/h3-19,46H,2,20-26H2,1H3,(H,38,47)(H,40,48)(H3,39,41,42,43,44,45)/b19-14-,32-3+. The van der Waals surface area contributed by atoms with Gasteiger partial charge in [-0.1, -0.05) is 55.1 Å². The molecule has 3 aromatic carbocycles. The van der Waals surface area contributed by atoms with Crippen LogP contribution >= 0.6 is 0 Å². The largest absolute Gasteiger partial charge is 0.508 e. The average molecular weight is 679 g/mol. The Kier molecular flexibility index (Phi) is 15.0. The summed E-state index contributed by atoms with van der Waals surface area (Å²) in [5.74, 6) is 0.500. The topological polar surface area (TPSA) is 172 Å². The highest BCUT2D eigenvalue weighted by molar-refractivity contribution is 5.94. The molecule has 260 valence electrons. The van der Waals surface area contributed by atoms with E-state index >= 15 is 0 Å². The minimum absolute atomic E-state index is 0.0886. The summed E-state index contributed by atoms with van der Waals surface area (Å²) in [4.78, 5) is 38.0. The minimum Gasteiger partial charge on any atom is -0.508 e. The summed E-state index contributed by atoms with van der Waals surface area (Å²) in [5.41, 5.74) is 3.23. The molecule has 4 rings (SSSR count). The Morgan fingerprint density at radius 2 is 1.32 bits per heavy atom. The maximum Gasteiger partial charge on any atom is 0.251 e. The van der Waals surface area contributed by atoms with E-state index in [9.17, 15) is 14.7 Å². The van der Waals surface area contributed by atoms with Crippen LogP contribution in [0, 0.1) is 0 Å². The maximum atomic E-state index is 12.6. The van der Waals surface area contributed by atoms with Crippen molar-refractivity contribution in [2.45, 2.75) is 13.5 Å². The van der Waals surface area contributed by atoms with Gasteiger partial charge >= 0.3 is 0 Å². The third-order valence-electron chi connectivity index (χ3n) is 6.83. The van der Waals surface area contributed by atoms with Crippen molar-refractivity contribution < 1.29 is 24.2 Å². The fraction of sp³-hybridized carbons (Fsp3) is 0.216. The van der Waals surface area contributed by atoms with E-state index in [1.165, 1.54) is 6.08 Å². The highest BCUT2D eigenvalue weighted by atomic mass is 16.5. The zero-order valence-electron chi connectivity index (χ0n) is 27.9. The molecule has 13 nitrogen and oxygen atoms in total. The molecule has 4 aromatic rings. The number of nitrogens with one attached hydrogen (secondary N) is 5. The molecule has 6 N–H and O–H groups in total. The predicted molar refractivity (Wildman–Crippen MR) is 194 cm³/mol. The smallest absolute Gasteiger partial charge is 0.251 e. The molecular weight excluding hydrogens is 636 g/mol. The molecule has 0 bridgehead atoms. The summed E-state index contributed by atoms with van der Waals surface area (Å²) in [6, 6.07) is 25.6. The average Bonchev–Trinajstić information content (AvgIpc) is 3.14. The Morgan fingerprint density at radius 3 is 2.02 bits per heavy atom. The number of allylic oxidation sites excluding steroid dienone is 3. The van der Waals surface area contributed by atoms with Gasteiger partial charge in [0, 0.05) is 42.1 Å². The first kappa shape index (κ1) is 36.8. The second-order valence-corrected chi connectivity index (χ2v) is 10.6. The van der Waals surface area contributed by atoms with Crippen molar-refractivity contribution in [3.63, 3.8) is 0 Å². The van der Waals surface area contributed by atoms with Gasteiger partial charge in [-0.2, -0.15) is 15.0 Å². The second-order valence-electron chi connectivity index (χ2n) is 10.6. The number of rotatable bonds is 20. The first-order valence-electron chi connectivity index (χ1n) is 16.1. The fourth-order valence-corrected chi connectivity index (χ4v) is 4.23. The molecule has 0 aliphatic rings. The van der Waals surface area contributed by atoms with Gasteiger partial charge in [-0.15, -0.1) is 0 Å². The third-order valence-corrected chi connectivity index (χ3v) is 6.83. The number of ether oxygens (including phenoxy) is 2. The van der Waals surface area contributed by atoms with Crippen LogP contribution in [-0.2, 0) is 16.0 Å². The van der Waals surface area contributed by atoms with Gasteiger partial charge < -0.3 is 41.2 Å². The van der Waals surface area contributed by atoms with Crippen molar-refractivity contribution in [2.75, 3.05) is 55.5 Å². The molecule has 0 unspecified atom stereocenters. The summed E-state index contributed by atoms with van der Waals surface area (Å²) in [6.07, 6.45) is 4.64. The molecule has 0 aliphatic carbocycles. The Morgan fingerprint density at radius 1 is 0.720 bits per heavy atom. The number of hydrogen-bond acceptors (Lipinski definition) is 11. The number of carbonyl (C=O) groups is 2. The van der Waals surface area contributed by atoms with Gasteiger partial charge in [-0.3, -0.25) is 9.59 Å². The van der Waals surface area contributed by atoms with Crippen LogP contribution in [0.3, 0.4) is 0 Å². The van der Waals surface area contributed by atoms with Gasteiger partial charge in [0.25, 0.3) is 11.8 Å². The van der Waals surface area contributed by atoms with Crippen LogP contribution in [0.1, 0.15) is 33.2 Å². The van der Waals surface area contributed by atoms with E-state index < -0.39 is 0 Å². The quantitative estimate of drug-likeness (QED) is 0.0404. The third kappa shape index (κ3) is 13.2. The zero-order chi connectivity index (χ0) is 35.4. The molecule has 0 fully saturated rings. The van der Waals surface area contributed by atoms with Gasteiger partial charge in [0.05, 0.1) is 26.4 Å². The number of aromatic nitrogens is 3. The van der Waals surface area contributed by atoms with Crippen LogP contribution in [0.4, 0.5) is 23.5 Å². The maximum absolute atomic E-state index is 12.6. The van der Waals surface area contributed by atoms with Crippen molar-refractivity contribution in [3.05, 3.63) is 138 Å². The first-order valence-corrected chi connectivity index (χ1v) is 16.1. The van der Waals surface area contributed by atoms with Gasteiger partial charge in [0.1, 0.15) is 5.76 Å². The van der Waals surface area contributed by atoms with E-state index in [-0.39, 0.29) is 35.4 Å². The summed E-state index contributed by atoms with van der Waals surface area (Å²) >= 11 is 0. The fourth-order valence-electron chi connectivity index (χ4n) is 4.23. The number of aliphatic hydroxyl groups is 1. The number of hydrogen-bond donors (Lipinski definition) is 6. The van der Waals surface area contributed by atoms with E-state index in [1.807, 2.05) is 48.5 Å². The zero-order valence-corrected chi connectivity index (χ0v) is 27.9. The minimum atomic E-state index is -0.185. The van der Waals surface area contributed by atoms with Crippen LogP contribution in [0.15, 0.2) is 121 Å². The molecule has 0 saturated heterocycles. The molecule has 0 radical (unpaired) electrons. The normalized spacial score (nSPS) is 11.2. The van der Waals surface area contributed by atoms with Gasteiger partial charge in [-0.25, -0.2) is 0 Å². The number of anilines is 4. The Bertz CT molecular complexity index is 1730. The predicted octanol–water partition coefficient (Wildman–Crippen LogP) is 5.36. The molecule has 0 atom stereocenters. The van der Waals surface area contributed by atoms with Crippen molar-refractivity contribution >= 4 is 35.3 Å². The van der Waals surface area contributed by atoms with E-state index in [4.69, 9.17) is 9.47 Å². The van der Waals surface area contributed by atoms with Crippen LogP contribution in [0.5, 0.6) is 0 Å². The lowest BCUT2D eigenvalue weighted by Gasteiger charge is -2.12. The highest BCUT2D eigenvalue weighted by Crippen LogP contribution is 2.18. The Labute approximate surface area is 291 Å². The lowest BCUT2D eigenvalue weighted by molar-refractivity contribution is 0.0519. The number of aliphatic hydroxyl groups excluding tert-OH is 1. The molecule has 0 aliphatic heterocycles. The van der Waals surface area contributed by atoms with Crippen LogP contribution in [0.25, 0.3) is 0 Å².